The topological polar surface area (TPSA) is 75.7 Å². The lowest BCUT2D eigenvalue weighted by Crippen LogP contribution is -2.41. The Morgan fingerprint density at radius 3 is 2.78 bits per heavy atom. The van der Waals surface area contributed by atoms with Gasteiger partial charge in [0.2, 0.25) is 5.91 Å². The van der Waals surface area contributed by atoms with Crippen molar-refractivity contribution in [2.75, 3.05) is 16.8 Å². The molecule has 1 N–H and O–H groups in total. The highest BCUT2D eigenvalue weighted by Gasteiger charge is 2.30. The maximum atomic E-state index is 13.2. The van der Waals surface area contributed by atoms with Crippen LogP contribution in [-0.2, 0) is 25.5 Å². The molecule has 0 saturated carbocycles. The second-order valence-electron chi connectivity index (χ2n) is 6.35. The van der Waals surface area contributed by atoms with Gasteiger partial charge in [-0.2, -0.15) is 0 Å². The average Bonchev–Trinajstić information content (AvgIpc) is 2.74. The first-order valence-electron chi connectivity index (χ1n) is 8.55. The Morgan fingerprint density at radius 1 is 1.22 bits per heavy atom. The van der Waals surface area contributed by atoms with E-state index in [9.17, 15) is 18.8 Å². The van der Waals surface area contributed by atoms with Gasteiger partial charge in [-0.3, -0.25) is 14.4 Å². The number of carbonyl (C=O) groups is 3. The summed E-state index contributed by atoms with van der Waals surface area (Å²) in [6.07, 6.45) is 0.00881. The van der Waals surface area contributed by atoms with Crippen molar-refractivity contribution in [1.82, 2.24) is 0 Å². The standard InChI is InChI=1S/C20H19FN2O4/c1-13-9-18(24)22-16-7-2-3-8-17(16)23(13)19(25)12-27-20(26)11-14-5-4-6-15(21)10-14/h2-8,10,13H,9,11-12H2,1H3,(H,22,24)/t13-/m1/s1. The summed E-state index contributed by atoms with van der Waals surface area (Å²) in [4.78, 5) is 38.1. The molecule has 1 aliphatic rings. The smallest absolute Gasteiger partial charge is 0.310 e. The molecule has 1 heterocycles. The molecule has 2 aromatic carbocycles. The van der Waals surface area contributed by atoms with E-state index in [1.807, 2.05) is 0 Å². The van der Waals surface area contributed by atoms with Crippen molar-refractivity contribution < 1.29 is 23.5 Å². The Kier molecular flexibility index (Phi) is 5.49. The Labute approximate surface area is 155 Å². The molecule has 1 aliphatic heterocycles. The van der Waals surface area contributed by atoms with Gasteiger partial charge in [-0.25, -0.2) is 4.39 Å². The summed E-state index contributed by atoms with van der Waals surface area (Å²) < 4.78 is 18.3. The van der Waals surface area contributed by atoms with Gasteiger partial charge in [0, 0.05) is 12.5 Å². The first kappa shape index (κ1) is 18.6. The number of rotatable bonds is 4. The monoisotopic (exact) mass is 370 g/mol. The van der Waals surface area contributed by atoms with Crippen molar-refractivity contribution in [3.8, 4) is 0 Å². The fourth-order valence-electron chi connectivity index (χ4n) is 3.04. The molecule has 0 saturated heterocycles. The Morgan fingerprint density at radius 2 is 2.00 bits per heavy atom. The van der Waals surface area contributed by atoms with Crippen molar-refractivity contribution in [3.63, 3.8) is 0 Å². The van der Waals surface area contributed by atoms with Crippen LogP contribution in [0.2, 0.25) is 0 Å². The molecule has 0 unspecified atom stereocenters. The van der Waals surface area contributed by atoms with Gasteiger partial charge in [0.1, 0.15) is 5.82 Å². The predicted molar refractivity (Wildman–Crippen MR) is 97.7 cm³/mol. The highest BCUT2D eigenvalue weighted by atomic mass is 19.1. The Hall–Kier alpha value is -3.22. The minimum absolute atomic E-state index is 0.128. The number of nitrogens with zero attached hydrogens (tertiary/aromatic N) is 1. The molecular formula is C20H19FN2O4. The molecule has 1 atom stereocenters. The summed E-state index contributed by atoms with van der Waals surface area (Å²) in [6.45, 7) is 1.30. The molecule has 0 fully saturated rings. The number of hydrogen-bond acceptors (Lipinski definition) is 4. The third-order valence-corrected chi connectivity index (χ3v) is 4.22. The summed E-state index contributed by atoms with van der Waals surface area (Å²) in [5, 5.41) is 2.76. The van der Waals surface area contributed by atoms with E-state index in [4.69, 9.17) is 4.74 Å². The van der Waals surface area contributed by atoms with Crippen LogP contribution in [0.5, 0.6) is 0 Å². The normalized spacial score (nSPS) is 16.1. The van der Waals surface area contributed by atoms with Gasteiger partial charge in [-0.05, 0) is 36.8 Å². The summed E-state index contributed by atoms with van der Waals surface area (Å²) >= 11 is 0. The molecule has 0 aromatic heterocycles. The molecule has 3 rings (SSSR count). The summed E-state index contributed by atoms with van der Waals surface area (Å²) in [5.41, 5.74) is 1.56. The van der Waals surface area contributed by atoms with Crippen LogP contribution in [-0.4, -0.2) is 30.4 Å². The van der Waals surface area contributed by atoms with Gasteiger partial charge in [-0.1, -0.05) is 24.3 Å². The van der Waals surface area contributed by atoms with E-state index in [1.54, 1.807) is 37.3 Å². The third-order valence-electron chi connectivity index (χ3n) is 4.22. The van der Waals surface area contributed by atoms with E-state index < -0.39 is 24.3 Å². The number of benzene rings is 2. The molecule has 2 amide bonds. The number of fused-ring (bicyclic) bond motifs is 1. The van der Waals surface area contributed by atoms with Crippen LogP contribution >= 0.6 is 0 Å². The number of nitrogens with one attached hydrogen (secondary N) is 1. The number of para-hydroxylation sites is 2. The molecule has 140 valence electrons. The molecule has 6 nitrogen and oxygen atoms in total. The SMILES string of the molecule is C[C@@H]1CC(=O)Nc2ccccc2N1C(=O)COC(=O)Cc1cccc(F)c1. The Bertz CT molecular complexity index is 884. The zero-order valence-corrected chi connectivity index (χ0v) is 14.8. The van der Waals surface area contributed by atoms with E-state index in [0.29, 0.717) is 16.9 Å². The number of ether oxygens (including phenoxy) is 1. The average molecular weight is 370 g/mol. The zero-order valence-electron chi connectivity index (χ0n) is 14.8. The van der Waals surface area contributed by atoms with E-state index >= 15 is 0 Å². The van der Waals surface area contributed by atoms with Crippen LogP contribution in [0, 0.1) is 5.82 Å². The minimum atomic E-state index is -0.626. The second-order valence-corrected chi connectivity index (χ2v) is 6.35. The van der Waals surface area contributed by atoms with Gasteiger partial charge < -0.3 is 15.0 Å². The van der Waals surface area contributed by atoms with Crippen LogP contribution < -0.4 is 10.2 Å². The number of halogens is 1. The van der Waals surface area contributed by atoms with Crippen LogP contribution in [0.4, 0.5) is 15.8 Å². The lowest BCUT2D eigenvalue weighted by atomic mass is 10.1. The molecule has 27 heavy (non-hydrogen) atoms. The summed E-state index contributed by atoms with van der Waals surface area (Å²) in [6, 6.07) is 12.2. The van der Waals surface area contributed by atoms with Gasteiger partial charge in [0.25, 0.3) is 5.91 Å². The van der Waals surface area contributed by atoms with E-state index in [-0.39, 0.29) is 24.8 Å². The van der Waals surface area contributed by atoms with Crippen molar-refractivity contribution in [2.45, 2.75) is 25.8 Å². The first-order valence-corrected chi connectivity index (χ1v) is 8.55. The number of carbonyl (C=O) groups excluding carboxylic acids is 3. The van der Waals surface area contributed by atoms with Crippen LogP contribution in [0.3, 0.4) is 0 Å². The fraction of sp³-hybridized carbons (Fsp3) is 0.250. The quantitative estimate of drug-likeness (QED) is 0.840. The highest BCUT2D eigenvalue weighted by Crippen LogP contribution is 2.31. The first-order chi connectivity index (χ1) is 12.9. The fourth-order valence-corrected chi connectivity index (χ4v) is 3.04. The number of hydrogen-bond donors (Lipinski definition) is 1. The van der Waals surface area contributed by atoms with Crippen molar-refractivity contribution >= 4 is 29.2 Å². The number of anilines is 2. The van der Waals surface area contributed by atoms with Crippen LogP contribution in [0.15, 0.2) is 48.5 Å². The maximum absolute atomic E-state index is 13.2. The van der Waals surface area contributed by atoms with E-state index in [2.05, 4.69) is 5.32 Å². The zero-order chi connectivity index (χ0) is 19.4. The van der Waals surface area contributed by atoms with Gasteiger partial charge in [-0.15, -0.1) is 0 Å². The highest BCUT2D eigenvalue weighted by molar-refractivity contribution is 6.05. The molecule has 0 bridgehead atoms. The largest absolute Gasteiger partial charge is 0.455 e. The molecular weight excluding hydrogens is 351 g/mol. The summed E-state index contributed by atoms with van der Waals surface area (Å²) in [5.74, 6) is -1.69. The second kappa shape index (κ2) is 7.99. The van der Waals surface area contributed by atoms with Gasteiger partial charge in [0.05, 0.1) is 17.8 Å². The lowest BCUT2D eigenvalue weighted by molar-refractivity contribution is -0.147. The minimum Gasteiger partial charge on any atom is -0.455 e. The Balaban J connectivity index is 1.68. The van der Waals surface area contributed by atoms with Crippen molar-refractivity contribution in [3.05, 3.63) is 59.9 Å². The molecule has 0 radical (unpaired) electrons. The van der Waals surface area contributed by atoms with E-state index in [0.717, 1.165) is 0 Å². The van der Waals surface area contributed by atoms with Gasteiger partial charge >= 0.3 is 5.97 Å². The number of esters is 1. The molecule has 0 spiro atoms. The molecule has 2 aromatic rings. The van der Waals surface area contributed by atoms with Crippen molar-refractivity contribution in [2.24, 2.45) is 0 Å². The number of amides is 2. The van der Waals surface area contributed by atoms with Crippen LogP contribution in [0.25, 0.3) is 0 Å². The summed E-state index contributed by atoms with van der Waals surface area (Å²) in [7, 11) is 0. The maximum Gasteiger partial charge on any atom is 0.310 e. The van der Waals surface area contributed by atoms with Crippen molar-refractivity contribution in [1.29, 1.82) is 0 Å². The third kappa shape index (κ3) is 4.49. The van der Waals surface area contributed by atoms with Gasteiger partial charge in [0.15, 0.2) is 6.61 Å². The molecule has 7 heteroatoms. The van der Waals surface area contributed by atoms with E-state index in [1.165, 1.54) is 23.1 Å². The lowest BCUT2D eigenvalue weighted by Gasteiger charge is -2.27. The molecule has 0 aliphatic carbocycles. The van der Waals surface area contributed by atoms with Crippen LogP contribution in [0.1, 0.15) is 18.9 Å². The predicted octanol–water partition coefficient (Wildman–Crippen LogP) is 2.68.